The van der Waals surface area contributed by atoms with Gasteiger partial charge >= 0.3 is 0 Å². The molecule has 0 fully saturated rings. The number of aromatic nitrogens is 1. The lowest BCUT2D eigenvalue weighted by molar-refractivity contribution is 0.113. The van der Waals surface area contributed by atoms with Crippen LogP contribution in [0.5, 0.6) is 0 Å². The summed E-state index contributed by atoms with van der Waals surface area (Å²) < 4.78 is 0. The minimum Gasteiger partial charge on any atom is -0.396 e. The largest absolute Gasteiger partial charge is 0.396 e. The van der Waals surface area contributed by atoms with Crippen LogP contribution >= 0.6 is 0 Å². The first-order chi connectivity index (χ1) is 8.15. The molecule has 0 saturated heterocycles. The molecule has 2 N–H and O–H groups in total. The Balaban J connectivity index is 2.46. The van der Waals surface area contributed by atoms with Gasteiger partial charge in [0.15, 0.2) is 0 Å². The third-order valence-electron chi connectivity index (χ3n) is 3.59. The van der Waals surface area contributed by atoms with Crippen LogP contribution in [0.3, 0.4) is 0 Å². The molecule has 0 spiro atoms. The van der Waals surface area contributed by atoms with Crippen LogP contribution in [0, 0.1) is 12.3 Å². The van der Waals surface area contributed by atoms with E-state index in [9.17, 15) is 5.11 Å². The minimum absolute atomic E-state index is 0.0177. The number of hydrogen-bond donors (Lipinski definition) is 2. The summed E-state index contributed by atoms with van der Waals surface area (Å²) in [6.07, 6.45) is 1.99. The van der Waals surface area contributed by atoms with Crippen LogP contribution in [0.4, 0.5) is 0 Å². The Kier molecular flexibility index (Phi) is 5.59. The molecule has 0 atom stereocenters. The minimum atomic E-state index is 0.0177. The predicted molar refractivity (Wildman–Crippen MR) is 70.8 cm³/mol. The molecule has 0 aromatic carbocycles. The molecule has 96 valence electrons. The Labute approximate surface area is 104 Å². The quantitative estimate of drug-likeness (QED) is 0.763. The van der Waals surface area contributed by atoms with E-state index in [2.05, 4.69) is 24.1 Å². The zero-order valence-corrected chi connectivity index (χ0v) is 11.2. The van der Waals surface area contributed by atoms with Gasteiger partial charge in [-0.05, 0) is 31.9 Å². The second-order valence-corrected chi connectivity index (χ2v) is 4.74. The predicted octanol–water partition coefficient (Wildman–Crippen LogP) is 2.28. The van der Waals surface area contributed by atoms with Gasteiger partial charge in [-0.25, -0.2) is 0 Å². The third kappa shape index (κ3) is 4.10. The van der Waals surface area contributed by atoms with Gasteiger partial charge in [0.25, 0.3) is 0 Å². The Hall–Kier alpha value is -0.930. The maximum Gasteiger partial charge on any atom is 0.0544 e. The number of pyridine rings is 1. The Morgan fingerprint density at radius 3 is 2.53 bits per heavy atom. The molecule has 0 radical (unpaired) electrons. The molecule has 1 heterocycles. The van der Waals surface area contributed by atoms with E-state index in [0.29, 0.717) is 0 Å². The van der Waals surface area contributed by atoms with Crippen molar-refractivity contribution in [1.29, 1.82) is 0 Å². The van der Waals surface area contributed by atoms with Crippen molar-refractivity contribution in [3.63, 3.8) is 0 Å². The Bertz CT molecular complexity index is 326. The summed E-state index contributed by atoms with van der Waals surface area (Å²) in [5, 5.41) is 12.9. The molecule has 0 aliphatic rings. The topological polar surface area (TPSA) is 45.1 Å². The summed E-state index contributed by atoms with van der Waals surface area (Å²) in [5.74, 6) is 0. The average molecular weight is 236 g/mol. The molecular weight excluding hydrogens is 212 g/mol. The highest BCUT2D eigenvalue weighted by atomic mass is 16.3. The van der Waals surface area contributed by atoms with Crippen LogP contribution in [0.2, 0.25) is 0 Å². The van der Waals surface area contributed by atoms with Crippen LogP contribution in [-0.2, 0) is 6.54 Å². The van der Waals surface area contributed by atoms with Gasteiger partial charge < -0.3 is 10.4 Å². The molecule has 1 aromatic heterocycles. The lowest BCUT2D eigenvalue weighted by Gasteiger charge is -2.29. The first-order valence-corrected chi connectivity index (χ1v) is 6.40. The first kappa shape index (κ1) is 14.1. The van der Waals surface area contributed by atoms with E-state index in [4.69, 9.17) is 0 Å². The average Bonchev–Trinajstić information content (AvgIpc) is 2.35. The van der Waals surface area contributed by atoms with Gasteiger partial charge in [0.1, 0.15) is 0 Å². The maximum atomic E-state index is 9.46. The van der Waals surface area contributed by atoms with Crippen LogP contribution < -0.4 is 5.32 Å². The van der Waals surface area contributed by atoms with Crippen molar-refractivity contribution in [1.82, 2.24) is 10.3 Å². The molecular formula is C14H24N2O. The van der Waals surface area contributed by atoms with E-state index in [1.165, 1.54) is 0 Å². The molecule has 1 rings (SSSR count). The summed E-state index contributed by atoms with van der Waals surface area (Å²) in [6, 6.07) is 6.05. The van der Waals surface area contributed by atoms with Crippen LogP contribution in [0.25, 0.3) is 0 Å². The maximum absolute atomic E-state index is 9.46. The molecule has 0 unspecified atom stereocenters. The number of aryl methyl sites for hydroxylation is 1. The number of aliphatic hydroxyl groups is 1. The standard InChI is InChI=1S/C14H24N2O/c1-4-14(5-2,11-17)10-15-9-13-8-6-7-12(3)16-13/h6-8,15,17H,4-5,9-11H2,1-3H3. The van der Waals surface area contributed by atoms with Gasteiger partial charge in [0.05, 0.1) is 5.69 Å². The highest BCUT2D eigenvalue weighted by molar-refractivity contribution is 5.09. The van der Waals surface area contributed by atoms with Crippen LogP contribution in [0.1, 0.15) is 38.1 Å². The summed E-state index contributed by atoms with van der Waals surface area (Å²) in [4.78, 5) is 4.45. The molecule has 0 bridgehead atoms. The second kappa shape index (κ2) is 6.72. The molecule has 0 aliphatic carbocycles. The van der Waals surface area contributed by atoms with Crippen molar-refractivity contribution in [3.05, 3.63) is 29.6 Å². The SMILES string of the molecule is CCC(CC)(CO)CNCc1cccc(C)n1. The lowest BCUT2D eigenvalue weighted by Crippen LogP contribution is -2.36. The van der Waals surface area contributed by atoms with Crippen LogP contribution in [-0.4, -0.2) is 23.2 Å². The lowest BCUT2D eigenvalue weighted by atomic mass is 9.83. The second-order valence-electron chi connectivity index (χ2n) is 4.74. The summed E-state index contributed by atoms with van der Waals surface area (Å²) in [7, 11) is 0. The zero-order valence-electron chi connectivity index (χ0n) is 11.2. The van der Waals surface area contributed by atoms with Crippen molar-refractivity contribution in [3.8, 4) is 0 Å². The normalized spacial score (nSPS) is 11.8. The van der Waals surface area contributed by atoms with E-state index >= 15 is 0 Å². The zero-order chi connectivity index (χ0) is 12.7. The first-order valence-electron chi connectivity index (χ1n) is 6.40. The van der Waals surface area contributed by atoms with Crippen LogP contribution in [0.15, 0.2) is 18.2 Å². The van der Waals surface area contributed by atoms with E-state index in [1.807, 2.05) is 25.1 Å². The molecule has 3 nitrogen and oxygen atoms in total. The number of rotatable bonds is 7. The molecule has 3 heteroatoms. The van der Waals surface area contributed by atoms with Gasteiger partial charge in [0.2, 0.25) is 0 Å². The van der Waals surface area contributed by atoms with Gasteiger partial charge in [-0.15, -0.1) is 0 Å². The molecule has 0 aliphatic heterocycles. The van der Waals surface area contributed by atoms with E-state index in [-0.39, 0.29) is 12.0 Å². The van der Waals surface area contributed by atoms with Crippen molar-refractivity contribution < 1.29 is 5.11 Å². The Morgan fingerprint density at radius 1 is 1.29 bits per heavy atom. The van der Waals surface area contributed by atoms with E-state index in [1.54, 1.807) is 0 Å². The molecule has 17 heavy (non-hydrogen) atoms. The number of hydrogen-bond acceptors (Lipinski definition) is 3. The monoisotopic (exact) mass is 236 g/mol. The fourth-order valence-corrected chi connectivity index (χ4v) is 1.93. The summed E-state index contributed by atoms with van der Waals surface area (Å²) in [6.45, 7) is 8.11. The number of nitrogens with zero attached hydrogens (tertiary/aromatic N) is 1. The molecule has 0 saturated carbocycles. The van der Waals surface area contributed by atoms with Gasteiger partial charge in [-0.1, -0.05) is 19.9 Å². The van der Waals surface area contributed by atoms with Crippen molar-refractivity contribution in [2.45, 2.75) is 40.2 Å². The van der Waals surface area contributed by atoms with Gasteiger partial charge in [-0.2, -0.15) is 0 Å². The van der Waals surface area contributed by atoms with Crippen molar-refractivity contribution >= 4 is 0 Å². The Morgan fingerprint density at radius 2 is 2.00 bits per heavy atom. The highest BCUT2D eigenvalue weighted by Crippen LogP contribution is 2.24. The van der Waals surface area contributed by atoms with Crippen molar-refractivity contribution in [2.75, 3.05) is 13.2 Å². The van der Waals surface area contributed by atoms with Gasteiger partial charge in [-0.3, -0.25) is 4.98 Å². The number of aliphatic hydroxyl groups excluding tert-OH is 1. The third-order valence-corrected chi connectivity index (χ3v) is 3.59. The fraction of sp³-hybridized carbons (Fsp3) is 0.643. The summed E-state index contributed by atoms with van der Waals surface area (Å²) >= 11 is 0. The fourth-order valence-electron chi connectivity index (χ4n) is 1.93. The van der Waals surface area contributed by atoms with Crippen molar-refractivity contribution in [2.24, 2.45) is 5.41 Å². The van der Waals surface area contributed by atoms with E-state index in [0.717, 1.165) is 37.3 Å². The van der Waals surface area contributed by atoms with E-state index < -0.39 is 0 Å². The molecule has 1 aromatic rings. The molecule has 0 amide bonds. The smallest absolute Gasteiger partial charge is 0.0544 e. The summed E-state index contributed by atoms with van der Waals surface area (Å²) in [5.41, 5.74) is 2.12. The number of nitrogens with one attached hydrogen (secondary N) is 1. The highest BCUT2D eigenvalue weighted by Gasteiger charge is 2.24. The van der Waals surface area contributed by atoms with Gasteiger partial charge in [0, 0.05) is 30.8 Å².